The fraction of sp³-hybridized carbons (Fsp3) is 0.385. The van der Waals surface area contributed by atoms with Gasteiger partial charge in [0, 0.05) is 11.1 Å². The molecule has 0 aliphatic heterocycles. The first-order chi connectivity index (χ1) is 7.95. The molecule has 0 radical (unpaired) electrons. The minimum absolute atomic E-state index is 0.170. The van der Waals surface area contributed by atoms with Crippen LogP contribution in [0.15, 0.2) is 0 Å². The van der Waals surface area contributed by atoms with Crippen LogP contribution in [0.4, 0.5) is 0 Å². The van der Waals surface area contributed by atoms with Crippen LogP contribution in [0.1, 0.15) is 41.2 Å². The molecule has 0 amide bonds. The molecule has 0 unspecified atom stereocenters. The SMILES string of the molecule is CCCc1c(O)c(C)c(C)c(C#N)c1C(N)=S. The van der Waals surface area contributed by atoms with E-state index in [4.69, 9.17) is 18.0 Å². The lowest BCUT2D eigenvalue weighted by Crippen LogP contribution is -2.16. The van der Waals surface area contributed by atoms with Gasteiger partial charge in [0.25, 0.3) is 0 Å². The highest BCUT2D eigenvalue weighted by atomic mass is 32.1. The van der Waals surface area contributed by atoms with Gasteiger partial charge in [-0.15, -0.1) is 0 Å². The number of phenolic OH excluding ortho intramolecular Hbond substituents is 1. The summed E-state index contributed by atoms with van der Waals surface area (Å²) in [7, 11) is 0. The average Bonchev–Trinajstić information content (AvgIpc) is 2.29. The van der Waals surface area contributed by atoms with Crippen LogP contribution in [0.3, 0.4) is 0 Å². The number of benzene rings is 1. The molecule has 90 valence electrons. The molecule has 0 aliphatic rings. The van der Waals surface area contributed by atoms with Crippen molar-refractivity contribution in [2.45, 2.75) is 33.6 Å². The molecule has 1 aromatic carbocycles. The summed E-state index contributed by atoms with van der Waals surface area (Å²) in [5.41, 5.74) is 8.86. The zero-order valence-corrected chi connectivity index (χ0v) is 11.1. The Labute approximate surface area is 107 Å². The van der Waals surface area contributed by atoms with Crippen molar-refractivity contribution in [3.05, 3.63) is 27.8 Å². The predicted molar refractivity (Wildman–Crippen MR) is 72.2 cm³/mol. The minimum Gasteiger partial charge on any atom is -0.507 e. The second-order valence-corrected chi connectivity index (χ2v) is 4.49. The van der Waals surface area contributed by atoms with Gasteiger partial charge in [-0.1, -0.05) is 25.6 Å². The van der Waals surface area contributed by atoms with Crippen molar-refractivity contribution in [1.82, 2.24) is 0 Å². The molecule has 0 aliphatic carbocycles. The van der Waals surface area contributed by atoms with Gasteiger partial charge in [-0.3, -0.25) is 0 Å². The van der Waals surface area contributed by atoms with Gasteiger partial charge in [0.05, 0.1) is 5.56 Å². The highest BCUT2D eigenvalue weighted by Crippen LogP contribution is 2.33. The molecule has 0 aromatic heterocycles. The van der Waals surface area contributed by atoms with E-state index in [0.717, 1.165) is 17.5 Å². The van der Waals surface area contributed by atoms with E-state index >= 15 is 0 Å². The summed E-state index contributed by atoms with van der Waals surface area (Å²) < 4.78 is 0. The molecule has 0 saturated carbocycles. The summed E-state index contributed by atoms with van der Waals surface area (Å²) in [5.74, 6) is 0.214. The average molecular weight is 248 g/mol. The van der Waals surface area contributed by atoms with E-state index in [1.54, 1.807) is 13.8 Å². The summed E-state index contributed by atoms with van der Waals surface area (Å²) in [5, 5.41) is 19.3. The van der Waals surface area contributed by atoms with Crippen LogP contribution in [0.5, 0.6) is 5.75 Å². The minimum atomic E-state index is 0.170. The summed E-state index contributed by atoms with van der Waals surface area (Å²) >= 11 is 5.00. The molecule has 3 N–H and O–H groups in total. The molecule has 0 saturated heterocycles. The number of hydrogen-bond donors (Lipinski definition) is 2. The Morgan fingerprint density at radius 1 is 1.41 bits per heavy atom. The van der Waals surface area contributed by atoms with Gasteiger partial charge in [0.15, 0.2) is 0 Å². The molecule has 0 fully saturated rings. The molecule has 1 aromatic rings. The molecule has 0 spiro atoms. The summed E-state index contributed by atoms with van der Waals surface area (Å²) in [6.45, 7) is 5.60. The van der Waals surface area contributed by atoms with Crippen LogP contribution < -0.4 is 5.73 Å². The van der Waals surface area contributed by atoms with Crippen molar-refractivity contribution < 1.29 is 5.11 Å². The standard InChI is InChI=1S/C13H16N2OS/c1-4-5-9-11(13(15)17)10(6-14)7(2)8(3)12(9)16/h16H,4-5H2,1-3H3,(H2,15,17). The highest BCUT2D eigenvalue weighted by molar-refractivity contribution is 7.80. The number of nitrogens with zero attached hydrogens (tertiary/aromatic N) is 1. The molecule has 0 bridgehead atoms. The van der Waals surface area contributed by atoms with Crippen molar-refractivity contribution in [1.29, 1.82) is 5.26 Å². The van der Waals surface area contributed by atoms with E-state index in [1.807, 2.05) is 6.92 Å². The topological polar surface area (TPSA) is 70.0 Å². The third-order valence-electron chi connectivity index (χ3n) is 2.99. The monoisotopic (exact) mass is 248 g/mol. The number of nitrogens with two attached hydrogens (primary N) is 1. The lowest BCUT2D eigenvalue weighted by atomic mass is 9.90. The maximum Gasteiger partial charge on any atom is 0.122 e. The Kier molecular flexibility index (Phi) is 4.08. The lowest BCUT2D eigenvalue weighted by molar-refractivity contribution is 0.462. The van der Waals surface area contributed by atoms with Crippen LogP contribution >= 0.6 is 12.2 Å². The molecule has 4 heteroatoms. The van der Waals surface area contributed by atoms with E-state index in [-0.39, 0.29) is 10.7 Å². The lowest BCUT2D eigenvalue weighted by Gasteiger charge is -2.16. The Balaban J connectivity index is 3.74. The van der Waals surface area contributed by atoms with Gasteiger partial charge in [-0.25, -0.2) is 0 Å². The van der Waals surface area contributed by atoms with Crippen molar-refractivity contribution in [3.63, 3.8) is 0 Å². The number of hydrogen-bond acceptors (Lipinski definition) is 3. The summed E-state index contributed by atoms with van der Waals surface area (Å²) in [6, 6.07) is 2.13. The van der Waals surface area contributed by atoms with Gasteiger partial charge in [0.2, 0.25) is 0 Å². The molecule has 17 heavy (non-hydrogen) atoms. The Hall–Kier alpha value is -1.60. The largest absolute Gasteiger partial charge is 0.507 e. The van der Waals surface area contributed by atoms with Crippen LogP contribution in [-0.4, -0.2) is 10.1 Å². The number of phenols is 1. The van der Waals surface area contributed by atoms with Gasteiger partial charge in [-0.2, -0.15) is 5.26 Å². The van der Waals surface area contributed by atoms with Crippen molar-refractivity contribution >= 4 is 17.2 Å². The van der Waals surface area contributed by atoms with E-state index in [2.05, 4.69) is 6.07 Å². The summed E-state index contributed by atoms with van der Waals surface area (Å²) in [6.07, 6.45) is 1.52. The zero-order chi connectivity index (χ0) is 13.2. The molecular weight excluding hydrogens is 232 g/mol. The summed E-state index contributed by atoms with van der Waals surface area (Å²) in [4.78, 5) is 0.170. The number of thiocarbonyl (C=S) groups is 1. The van der Waals surface area contributed by atoms with Crippen LogP contribution in [-0.2, 0) is 6.42 Å². The molecule has 0 heterocycles. The van der Waals surface area contributed by atoms with Crippen LogP contribution in [0, 0.1) is 25.2 Å². The first-order valence-electron chi connectivity index (χ1n) is 5.50. The second-order valence-electron chi connectivity index (χ2n) is 4.05. The maximum atomic E-state index is 10.1. The fourth-order valence-electron chi connectivity index (χ4n) is 1.95. The smallest absolute Gasteiger partial charge is 0.122 e. The van der Waals surface area contributed by atoms with Crippen molar-refractivity contribution in [3.8, 4) is 11.8 Å². The molecular formula is C13H16N2OS. The number of aromatic hydroxyl groups is 1. The zero-order valence-electron chi connectivity index (χ0n) is 10.3. The Bertz CT molecular complexity index is 515. The third kappa shape index (κ3) is 2.25. The predicted octanol–water partition coefficient (Wildman–Crippen LogP) is 2.47. The van der Waals surface area contributed by atoms with Gasteiger partial charge >= 0.3 is 0 Å². The number of rotatable bonds is 3. The van der Waals surface area contributed by atoms with E-state index in [1.165, 1.54) is 0 Å². The van der Waals surface area contributed by atoms with Gasteiger partial charge in [-0.05, 0) is 31.4 Å². The van der Waals surface area contributed by atoms with Crippen molar-refractivity contribution in [2.24, 2.45) is 5.73 Å². The third-order valence-corrected chi connectivity index (χ3v) is 3.19. The Morgan fingerprint density at radius 2 is 2.00 bits per heavy atom. The number of nitriles is 1. The molecule has 3 nitrogen and oxygen atoms in total. The quantitative estimate of drug-likeness (QED) is 0.806. The molecule has 0 atom stereocenters. The normalized spacial score (nSPS) is 10.0. The van der Waals surface area contributed by atoms with Crippen LogP contribution in [0.2, 0.25) is 0 Å². The maximum absolute atomic E-state index is 10.1. The second kappa shape index (κ2) is 5.15. The highest BCUT2D eigenvalue weighted by Gasteiger charge is 2.20. The Morgan fingerprint density at radius 3 is 2.41 bits per heavy atom. The van der Waals surface area contributed by atoms with Gasteiger partial charge < -0.3 is 10.8 Å². The van der Waals surface area contributed by atoms with E-state index in [9.17, 15) is 10.4 Å². The van der Waals surface area contributed by atoms with Gasteiger partial charge in [0.1, 0.15) is 16.8 Å². The van der Waals surface area contributed by atoms with E-state index in [0.29, 0.717) is 23.1 Å². The van der Waals surface area contributed by atoms with Crippen molar-refractivity contribution in [2.75, 3.05) is 0 Å². The molecule has 1 rings (SSSR count). The van der Waals surface area contributed by atoms with Crippen LogP contribution in [0.25, 0.3) is 0 Å². The fourth-order valence-corrected chi connectivity index (χ4v) is 2.18. The first kappa shape index (κ1) is 13.5. The van der Waals surface area contributed by atoms with E-state index < -0.39 is 0 Å². The first-order valence-corrected chi connectivity index (χ1v) is 5.91.